The van der Waals surface area contributed by atoms with E-state index >= 15 is 0 Å². The molecule has 4 nitrogen and oxygen atoms in total. The van der Waals surface area contributed by atoms with Crippen LogP contribution in [0.4, 0.5) is 0 Å². The molecule has 0 atom stereocenters. The van der Waals surface area contributed by atoms with Gasteiger partial charge in [-0.05, 0) is 30.9 Å². The molecular weight excluding hydrogens is 306 g/mol. The first-order valence-corrected chi connectivity index (χ1v) is 8.57. The summed E-state index contributed by atoms with van der Waals surface area (Å²) in [6.07, 6.45) is 2.05. The monoisotopic (exact) mass is 331 g/mol. The first-order chi connectivity index (χ1) is 10.1. The number of ether oxygens (including phenoxy) is 1. The van der Waals surface area contributed by atoms with Crippen LogP contribution in [0.3, 0.4) is 0 Å². The van der Waals surface area contributed by atoms with E-state index in [9.17, 15) is 0 Å². The summed E-state index contributed by atoms with van der Waals surface area (Å²) in [5.74, 6) is 1.50. The topological polar surface area (TPSA) is 45.7 Å². The summed E-state index contributed by atoms with van der Waals surface area (Å²) in [5.41, 5.74) is 0. The van der Waals surface area contributed by atoms with Crippen molar-refractivity contribution in [2.75, 3.05) is 33.4 Å². The van der Waals surface area contributed by atoms with Crippen molar-refractivity contribution in [1.29, 1.82) is 0 Å². The third-order valence-corrected chi connectivity index (χ3v) is 4.19. The molecule has 0 radical (unpaired) electrons. The van der Waals surface area contributed by atoms with E-state index in [1.807, 2.05) is 6.07 Å². The summed E-state index contributed by atoms with van der Waals surface area (Å²) < 4.78 is 6.40. The predicted molar refractivity (Wildman–Crippen MR) is 92.7 cm³/mol. The summed E-state index contributed by atoms with van der Waals surface area (Å²) in [4.78, 5) is 5.46. The number of halogens is 1. The fraction of sp³-hybridized carbons (Fsp3) is 0.667. The van der Waals surface area contributed by atoms with E-state index in [2.05, 4.69) is 35.5 Å². The van der Waals surface area contributed by atoms with E-state index in [1.54, 1.807) is 18.4 Å². The third kappa shape index (κ3) is 8.96. The summed E-state index contributed by atoms with van der Waals surface area (Å²) in [7, 11) is 1.77. The molecule has 0 saturated carbocycles. The zero-order chi connectivity index (χ0) is 15.5. The molecule has 0 unspecified atom stereocenters. The maximum absolute atomic E-state index is 5.91. The molecule has 21 heavy (non-hydrogen) atoms. The maximum atomic E-state index is 5.91. The van der Waals surface area contributed by atoms with Crippen LogP contribution in [0.2, 0.25) is 4.34 Å². The molecule has 0 aromatic carbocycles. The van der Waals surface area contributed by atoms with Gasteiger partial charge in [0.1, 0.15) is 0 Å². The second kappa shape index (κ2) is 10.9. The lowest BCUT2D eigenvalue weighted by Gasteiger charge is -2.12. The van der Waals surface area contributed by atoms with Gasteiger partial charge in [-0.15, -0.1) is 11.3 Å². The largest absolute Gasteiger partial charge is 0.380 e. The number of nitrogens with zero attached hydrogens (tertiary/aromatic N) is 1. The lowest BCUT2D eigenvalue weighted by molar-refractivity contribution is 0.128. The highest BCUT2D eigenvalue weighted by Crippen LogP contribution is 2.21. The van der Waals surface area contributed by atoms with Crippen molar-refractivity contribution in [3.8, 4) is 0 Å². The Kier molecular flexibility index (Phi) is 9.46. The molecule has 0 fully saturated rings. The number of rotatable bonds is 9. The van der Waals surface area contributed by atoms with Gasteiger partial charge in [0.2, 0.25) is 0 Å². The molecule has 0 aliphatic heterocycles. The number of hydrogen-bond acceptors (Lipinski definition) is 3. The highest BCUT2D eigenvalue weighted by Gasteiger charge is 2.00. The average molecular weight is 332 g/mol. The van der Waals surface area contributed by atoms with Crippen LogP contribution in [0.5, 0.6) is 0 Å². The van der Waals surface area contributed by atoms with Crippen molar-refractivity contribution in [3.05, 3.63) is 21.3 Å². The molecular formula is C15H26ClN3OS. The van der Waals surface area contributed by atoms with Gasteiger partial charge in [0.25, 0.3) is 0 Å². The zero-order valence-electron chi connectivity index (χ0n) is 13.1. The van der Waals surface area contributed by atoms with Crippen LogP contribution in [0.15, 0.2) is 17.1 Å². The molecule has 1 heterocycles. The molecule has 2 N–H and O–H groups in total. The zero-order valence-corrected chi connectivity index (χ0v) is 14.7. The summed E-state index contributed by atoms with van der Waals surface area (Å²) >= 11 is 7.53. The normalized spacial score (nSPS) is 12.0. The Morgan fingerprint density at radius 1 is 1.29 bits per heavy atom. The second-order valence-electron chi connectivity index (χ2n) is 5.18. The molecule has 0 spiro atoms. The molecule has 1 aromatic rings. The maximum Gasteiger partial charge on any atom is 0.191 e. The molecule has 0 amide bonds. The molecule has 1 aromatic heterocycles. The molecule has 1 rings (SSSR count). The second-order valence-corrected chi connectivity index (χ2v) is 6.98. The minimum absolute atomic E-state index is 0.693. The molecule has 120 valence electrons. The average Bonchev–Trinajstić information content (AvgIpc) is 2.86. The summed E-state index contributed by atoms with van der Waals surface area (Å²) in [5, 5.41) is 6.52. The van der Waals surface area contributed by atoms with Gasteiger partial charge in [0.05, 0.1) is 10.9 Å². The Hall–Kier alpha value is -0.780. The summed E-state index contributed by atoms with van der Waals surface area (Å²) in [6.45, 7) is 7.54. The van der Waals surface area contributed by atoms with Crippen molar-refractivity contribution in [1.82, 2.24) is 10.6 Å². The van der Waals surface area contributed by atoms with Crippen molar-refractivity contribution in [2.24, 2.45) is 10.9 Å². The number of hydrogen-bond donors (Lipinski definition) is 2. The van der Waals surface area contributed by atoms with Crippen LogP contribution >= 0.6 is 22.9 Å². The summed E-state index contributed by atoms with van der Waals surface area (Å²) in [6, 6.07) is 4.00. The lowest BCUT2D eigenvalue weighted by Crippen LogP contribution is -2.39. The van der Waals surface area contributed by atoms with Crippen molar-refractivity contribution in [2.45, 2.75) is 26.7 Å². The van der Waals surface area contributed by atoms with Crippen LogP contribution in [0, 0.1) is 5.92 Å². The van der Waals surface area contributed by atoms with Crippen molar-refractivity contribution >= 4 is 28.9 Å². The predicted octanol–water partition coefficient (Wildman–Crippen LogP) is 3.17. The highest BCUT2D eigenvalue weighted by atomic mass is 35.5. The quantitative estimate of drug-likeness (QED) is 0.415. The van der Waals surface area contributed by atoms with Gasteiger partial charge in [-0.3, -0.25) is 4.99 Å². The number of nitrogens with one attached hydrogen (secondary N) is 2. The van der Waals surface area contributed by atoms with Gasteiger partial charge in [0.15, 0.2) is 5.96 Å². The van der Waals surface area contributed by atoms with Gasteiger partial charge < -0.3 is 15.4 Å². The minimum atomic E-state index is 0.693. The molecule has 0 saturated heterocycles. The standard InChI is InChI=1S/C15H26ClN3OS/c1-12(2)7-10-20-11-9-19-15(17-3)18-8-6-13-4-5-14(16)21-13/h4-5,12H,6-11H2,1-3H3,(H2,17,18,19). The van der Waals surface area contributed by atoms with E-state index in [-0.39, 0.29) is 0 Å². The number of aliphatic imine (C=N–C) groups is 1. The smallest absolute Gasteiger partial charge is 0.191 e. The van der Waals surface area contributed by atoms with Gasteiger partial charge in [-0.2, -0.15) is 0 Å². The van der Waals surface area contributed by atoms with Crippen molar-refractivity contribution < 1.29 is 4.74 Å². The first-order valence-electron chi connectivity index (χ1n) is 7.38. The minimum Gasteiger partial charge on any atom is -0.380 e. The van der Waals surface area contributed by atoms with E-state index in [0.717, 1.165) is 42.8 Å². The molecule has 0 aliphatic rings. The van der Waals surface area contributed by atoms with Crippen LogP contribution in [-0.4, -0.2) is 39.3 Å². The fourth-order valence-corrected chi connectivity index (χ4v) is 2.76. The van der Waals surface area contributed by atoms with E-state index < -0.39 is 0 Å². The first kappa shape index (κ1) is 18.3. The van der Waals surface area contributed by atoms with Gasteiger partial charge in [0, 0.05) is 31.6 Å². The van der Waals surface area contributed by atoms with E-state index in [0.29, 0.717) is 12.5 Å². The fourth-order valence-electron chi connectivity index (χ4n) is 1.67. The molecule has 0 bridgehead atoms. The van der Waals surface area contributed by atoms with Gasteiger partial charge in [-0.25, -0.2) is 0 Å². The van der Waals surface area contributed by atoms with Crippen LogP contribution in [0.1, 0.15) is 25.1 Å². The Morgan fingerprint density at radius 2 is 2.05 bits per heavy atom. The Bertz CT molecular complexity index is 421. The van der Waals surface area contributed by atoms with Gasteiger partial charge in [-0.1, -0.05) is 25.4 Å². The molecule has 0 aliphatic carbocycles. The Morgan fingerprint density at radius 3 is 2.67 bits per heavy atom. The van der Waals surface area contributed by atoms with E-state index in [4.69, 9.17) is 16.3 Å². The SMILES string of the molecule is CN=C(NCCOCCC(C)C)NCCc1ccc(Cl)s1. The lowest BCUT2D eigenvalue weighted by atomic mass is 10.1. The molecule has 6 heteroatoms. The van der Waals surface area contributed by atoms with Gasteiger partial charge >= 0.3 is 0 Å². The van der Waals surface area contributed by atoms with Crippen LogP contribution in [-0.2, 0) is 11.2 Å². The Balaban J connectivity index is 2.06. The number of thiophene rings is 1. The van der Waals surface area contributed by atoms with Crippen LogP contribution < -0.4 is 10.6 Å². The van der Waals surface area contributed by atoms with E-state index in [1.165, 1.54) is 4.88 Å². The highest BCUT2D eigenvalue weighted by molar-refractivity contribution is 7.16. The Labute approximate surface area is 136 Å². The van der Waals surface area contributed by atoms with Crippen molar-refractivity contribution in [3.63, 3.8) is 0 Å². The number of guanidine groups is 1. The van der Waals surface area contributed by atoms with Crippen LogP contribution in [0.25, 0.3) is 0 Å². The third-order valence-electron chi connectivity index (χ3n) is 2.89.